The molecule has 1 amide bonds. The maximum atomic E-state index is 13.7. The Morgan fingerprint density at radius 3 is 2.70 bits per heavy atom. The Hall–Kier alpha value is -3.03. The molecule has 3 heterocycles. The first-order chi connectivity index (χ1) is 19.0. The largest absolute Gasteiger partial charge is 0.449 e. The lowest BCUT2D eigenvalue weighted by Crippen LogP contribution is -2.61. The Morgan fingerprint density at radius 1 is 1.27 bits per heavy atom. The van der Waals surface area contributed by atoms with Gasteiger partial charge in [0.1, 0.15) is 5.66 Å². The van der Waals surface area contributed by atoms with Crippen molar-refractivity contribution in [2.24, 2.45) is 11.7 Å². The number of epoxide rings is 1. The smallest absolute Gasteiger partial charge is 0.416 e. The SMILES string of the molecule is CCOC(=O)N1c2ccc(C(F)(F)F)cc2[C@@H](c2nnn(CC(Cc3cccc(Br)c3)C3CO3)n2)C[C@@]1(N)CC. The molecule has 9 nitrogen and oxygen atoms in total. The number of benzene rings is 2. The van der Waals surface area contributed by atoms with Gasteiger partial charge in [-0.05, 0) is 72.9 Å². The van der Waals surface area contributed by atoms with Gasteiger partial charge < -0.3 is 15.2 Å². The minimum Gasteiger partial charge on any atom is -0.449 e. The number of anilines is 1. The van der Waals surface area contributed by atoms with Gasteiger partial charge in [0.15, 0.2) is 5.82 Å². The van der Waals surface area contributed by atoms with E-state index in [1.54, 1.807) is 6.92 Å². The Balaban J connectivity index is 1.49. The highest BCUT2D eigenvalue weighted by Gasteiger charge is 2.47. The molecule has 2 aliphatic heterocycles. The number of fused-ring (bicyclic) bond motifs is 1. The molecule has 1 saturated heterocycles. The maximum Gasteiger partial charge on any atom is 0.416 e. The molecule has 1 fully saturated rings. The van der Waals surface area contributed by atoms with Gasteiger partial charge in [-0.25, -0.2) is 4.79 Å². The quantitative estimate of drug-likeness (QED) is 0.340. The number of carbonyl (C=O) groups is 1. The molecule has 3 aromatic rings. The Morgan fingerprint density at radius 2 is 2.05 bits per heavy atom. The van der Waals surface area contributed by atoms with E-state index in [1.807, 2.05) is 31.2 Å². The summed E-state index contributed by atoms with van der Waals surface area (Å²) in [7, 11) is 0. The summed E-state index contributed by atoms with van der Waals surface area (Å²) in [5.41, 5.74) is 6.27. The summed E-state index contributed by atoms with van der Waals surface area (Å²) in [6.07, 6.45) is -4.08. The van der Waals surface area contributed by atoms with Crippen molar-refractivity contribution < 1.29 is 27.4 Å². The molecule has 0 spiro atoms. The lowest BCUT2D eigenvalue weighted by Gasteiger charge is -2.46. The van der Waals surface area contributed by atoms with Crippen LogP contribution in [0.5, 0.6) is 0 Å². The number of halogens is 4. The average Bonchev–Trinajstić information content (AvgIpc) is 3.65. The summed E-state index contributed by atoms with van der Waals surface area (Å²) in [6, 6.07) is 11.3. The van der Waals surface area contributed by atoms with Crippen LogP contribution < -0.4 is 10.6 Å². The van der Waals surface area contributed by atoms with Crippen molar-refractivity contribution in [3.63, 3.8) is 0 Å². The highest BCUT2D eigenvalue weighted by molar-refractivity contribution is 9.10. The first kappa shape index (κ1) is 28.5. The van der Waals surface area contributed by atoms with E-state index in [-0.39, 0.29) is 42.1 Å². The molecule has 0 aliphatic carbocycles. The van der Waals surface area contributed by atoms with E-state index in [0.717, 1.165) is 28.6 Å². The van der Waals surface area contributed by atoms with Crippen molar-refractivity contribution in [3.05, 3.63) is 69.5 Å². The fourth-order valence-electron chi connectivity index (χ4n) is 5.30. The summed E-state index contributed by atoms with van der Waals surface area (Å²) >= 11 is 3.50. The number of alkyl halides is 3. The van der Waals surface area contributed by atoms with Crippen LogP contribution in [0.3, 0.4) is 0 Å². The minimum absolute atomic E-state index is 0.0631. The lowest BCUT2D eigenvalue weighted by atomic mass is 9.80. The molecule has 214 valence electrons. The van der Waals surface area contributed by atoms with E-state index in [9.17, 15) is 18.0 Å². The molecule has 5 rings (SSSR count). The van der Waals surface area contributed by atoms with Gasteiger partial charge in [0.2, 0.25) is 0 Å². The van der Waals surface area contributed by atoms with E-state index in [2.05, 4.69) is 31.3 Å². The molecule has 13 heteroatoms. The van der Waals surface area contributed by atoms with Gasteiger partial charge in [-0.1, -0.05) is 35.0 Å². The van der Waals surface area contributed by atoms with Crippen molar-refractivity contribution in [1.82, 2.24) is 20.2 Å². The highest BCUT2D eigenvalue weighted by Crippen LogP contribution is 2.47. The third-order valence-electron chi connectivity index (χ3n) is 7.49. The Kier molecular flexibility index (Phi) is 7.90. The van der Waals surface area contributed by atoms with Crippen LogP contribution in [0.4, 0.5) is 23.7 Å². The van der Waals surface area contributed by atoms with Crippen LogP contribution in [0, 0.1) is 5.92 Å². The molecule has 4 atom stereocenters. The van der Waals surface area contributed by atoms with Crippen LogP contribution in [0.25, 0.3) is 0 Å². The summed E-state index contributed by atoms with van der Waals surface area (Å²) < 4.78 is 53.0. The van der Waals surface area contributed by atoms with Crippen molar-refractivity contribution >= 4 is 27.7 Å². The number of hydrogen-bond donors (Lipinski definition) is 1. The molecule has 0 bridgehead atoms. The summed E-state index contributed by atoms with van der Waals surface area (Å²) in [5.74, 6) is -0.400. The average molecular weight is 623 g/mol. The summed E-state index contributed by atoms with van der Waals surface area (Å²) in [5, 5.41) is 13.1. The molecule has 40 heavy (non-hydrogen) atoms. The number of rotatable bonds is 8. The predicted molar refractivity (Wildman–Crippen MR) is 144 cm³/mol. The zero-order chi connectivity index (χ0) is 28.7. The minimum atomic E-state index is -4.58. The maximum absolute atomic E-state index is 13.7. The van der Waals surface area contributed by atoms with Gasteiger partial charge in [0, 0.05) is 10.4 Å². The summed E-state index contributed by atoms with van der Waals surface area (Å²) in [6.45, 7) is 4.62. The molecular weight excluding hydrogens is 593 g/mol. The van der Waals surface area contributed by atoms with Crippen LogP contribution in [0.15, 0.2) is 46.9 Å². The molecule has 1 aromatic heterocycles. The molecule has 0 saturated carbocycles. The van der Waals surface area contributed by atoms with Crippen LogP contribution in [-0.2, 0) is 28.6 Å². The lowest BCUT2D eigenvalue weighted by molar-refractivity contribution is -0.137. The number of ether oxygens (including phenoxy) is 2. The topological polar surface area (TPSA) is 112 Å². The van der Waals surface area contributed by atoms with E-state index in [1.165, 1.54) is 15.8 Å². The normalized spacial score (nSPS) is 23.0. The number of carbonyl (C=O) groups excluding carboxylic acids is 1. The first-order valence-corrected chi connectivity index (χ1v) is 13.9. The number of tetrazole rings is 1. The van der Waals surface area contributed by atoms with Crippen molar-refractivity contribution in [2.75, 3.05) is 18.1 Å². The molecule has 2 N–H and O–H groups in total. The monoisotopic (exact) mass is 622 g/mol. The van der Waals surface area contributed by atoms with Crippen molar-refractivity contribution in [3.8, 4) is 0 Å². The fourth-order valence-corrected chi connectivity index (χ4v) is 5.75. The van der Waals surface area contributed by atoms with Gasteiger partial charge in [-0.2, -0.15) is 18.0 Å². The second-order valence-corrected chi connectivity index (χ2v) is 11.1. The number of nitrogens with zero attached hydrogens (tertiary/aromatic N) is 5. The van der Waals surface area contributed by atoms with Gasteiger partial charge in [-0.15, -0.1) is 10.2 Å². The molecule has 2 unspecified atom stereocenters. The number of nitrogens with two attached hydrogens (primary N) is 1. The van der Waals surface area contributed by atoms with Gasteiger partial charge >= 0.3 is 12.3 Å². The van der Waals surface area contributed by atoms with E-state index in [4.69, 9.17) is 15.2 Å². The first-order valence-electron chi connectivity index (χ1n) is 13.1. The second-order valence-electron chi connectivity index (χ2n) is 10.2. The molecule has 2 aromatic carbocycles. The predicted octanol–water partition coefficient (Wildman–Crippen LogP) is 5.28. The summed E-state index contributed by atoms with van der Waals surface area (Å²) in [4.78, 5) is 15.7. The van der Waals surface area contributed by atoms with Crippen LogP contribution >= 0.6 is 15.9 Å². The highest BCUT2D eigenvalue weighted by atomic mass is 79.9. The standard InChI is InChI=1S/C27H30BrF3N6O3/c1-3-26(32)13-21(20-12-18(27(29,30)31)8-9-22(20)37(26)25(38)39-4-2)24-33-35-36(34-24)14-17(23-15-40-23)10-16-6-5-7-19(28)11-16/h5-9,11-12,17,21,23H,3-4,10,13-15,32H2,1-2H3/t17?,21-,23?,26+/m0/s1. The molecule has 2 aliphatic rings. The van der Waals surface area contributed by atoms with Crippen LogP contribution in [0.1, 0.15) is 55.1 Å². The van der Waals surface area contributed by atoms with Crippen LogP contribution in [-0.4, -0.2) is 51.3 Å². The van der Waals surface area contributed by atoms with Gasteiger partial charge in [-0.3, -0.25) is 4.90 Å². The van der Waals surface area contributed by atoms with Gasteiger partial charge in [0.05, 0.1) is 43.0 Å². The Labute approximate surface area is 237 Å². The van der Waals surface area contributed by atoms with E-state index in [0.29, 0.717) is 19.6 Å². The zero-order valence-corrected chi connectivity index (χ0v) is 23.7. The third-order valence-corrected chi connectivity index (χ3v) is 7.98. The third kappa shape index (κ3) is 5.86. The fraction of sp³-hybridized carbons (Fsp3) is 0.481. The number of hydrogen-bond acceptors (Lipinski definition) is 7. The van der Waals surface area contributed by atoms with Gasteiger partial charge in [0.25, 0.3) is 0 Å². The number of amides is 1. The Bertz CT molecular complexity index is 1380. The van der Waals surface area contributed by atoms with Crippen molar-refractivity contribution in [1.29, 1.82) is 0 Å². The second kappa shape index (κ2) is 11.1. The zero-order valence-electron chi connectivity index (χ0n) is 22.1. The van der Waals surface area contributed by atoms with E-state index < -0.39 is 29.4 Å². The van der Waals surface area contributed by atoms with E-state index >= 15 is 0 Å². The molecular formula is C27H30BrF3N6O3. The van der Waals surface area contributed by atoms with Crippen LogP contribution in [0.2, 0.25) is 0 Å². The number of aromatic nitrogens is 4. The van der Waals surface area contributed by atoms with Crippen molar-refractivity contribution in [2.45, 2.75) is 63.5 Å². The molecule has 0 radical (unpaired) electrons.